The molecule has 0 atom stereocenters. The van der Waals surface area contributed by atoms with E-state index in [9.17, 15) is 4.79 Å². The van der Waals surface area contributed by atoms with Crippen molar-refractivity contribution in [3.05, 3.63) is 23.0 Å². The van der Waals surface area contributed by atoms with Crippen molar-refractivity contribution in [1.82, 2.24) is 15.1 Å². The summed E-state index contributed by atoms with van der Waals surface area (Å²) in [5, 5.41) is 7.87. The summed E-state index contributed by atoms with van der Waals surface area (Å²) in [5.41, 5.74) is 0.694. The van der Waals surface area contributed by atoms with Gasteiger partial charge in [0.2, 0.25) is 0 Å². The van der Waals surface area contributed by atoms with Gasteiger partial charge in [-0.1, -0.05) is 25.4 Å². The van der Waals surface area contributed by atoms with E-state index in [0.29, 0.717) is 16.3 Å². The van der Waals surface area contributed by atoms with Crippen LogP contribution in [0.5, 0.6) is 0 Å². The monoisotopic (exact) mass is 267 g/mol. The summed E-state index contributed by atoms with van der Waals surface area (Å²) in [6.07, 6.45) is 3.22. The summed E-state index contributed by atoms with van der Waals surface area (Å²) in [7, 11) is 0. The fraction of sp³-hybridized carbons (Fsp3) is 0.615. The first-order valence-corrected chi connectivity index (χ1v) is 6.64. The molecule has 98 valence electrons. The fourth-order valence-electron chi connectivity index (χ4n) is 2.22. The Balaban J connectivity index is 2.07. The number of hydrogen-bond donors (Lipinski definition) is 0. The van der Waals surface area contributed by atoms with Crippen LogP contribution in [0.15, 0.2) is 12.1 Å². The second kappa shape index (κ2) is 5.22. The van der Waals surface area contributed by atoms with Crippen molar-refractivity contribution in [1.29, 1.82) is 0 Å². The van der Waals surface area contributed by atoms with Gasteiger partial charge in [0.15, 0.2) is 10.8 Å². The first-order valence-electron chi connectivity index (χ1n) is 6.26. The summed E-state index contributed by atoms with van der Waals surface area (Å²) in [6.45, 7) is 6.09. The fourth-order valence-corrected chi connectivity index (χ4v) is 2.32. The van der Waals surface area contributed by atoms with Gasteiger partial charge in [0.1, 0.15) is 0 Å². The Hall–Kier alpha value is -1.16. The first kappa shape index (κ1) is 13.3. The second-order valence-corrected chi connectivity index (χ2v) is 5.94. The average Bonchev–Trinajstić information content (AvgIpc) is 2.50. The van der Waals surface area contributed by atoms with Gasteiger partial charge in [-0.25, -0.2) is 0 Å². The van der Waals surface area contributed by atoms with Crippen molar-refractivity contribution < 1.29 is 4.79 Å². The quantitative estimate of drug-likeness (QED) is 0.786. The maximum atomic E-state index is 12.3. The van der Waals surface area contributed by atoms with E-state index in [2.05, 4.69) is 24.0 Å². The third-order valence-electron chi connectivity index (χ3n) is 3.48. The Kier molecular flexibility index (Phi) is 3.85. The van der Waals surface area contributed by atoms with E-state index < -0.39 is 0 Å². The highest BCUT2D eigenvalue weighted by atomic mass is 35.5. The second-order valence-electron chi connectivity index (χ2n) is 5.55. The summed E-state index contributed by atoms with van der Waals surface area (Å²) in [5.74, 6) is -0.0446. The number of aromatic nitrogens is 2. The molecule has 1 aliphatic heterocycles. The lowest BCUT2D eigenvalue weighted by Gasteiger charge is -2.23. The van der Waals surface area contributed by atoms with E-state index in [4.69, 9.17) is 11.6 Å². The molecule has 1 saturated heterocycles. The molecule has 1 aromatic rings. The van der Waals surface area contributed by atoms with Crippen molar-refractivity contribution >= 4 is 17.5 Å². The van der Waals surface area contributed by atoms with E-state index in [1.165, 1.54) is 0 Å². The Morgan fingerprint density at radius 2 is 2.06 bits per heavy atom. The molecular formula is C13H18ClN3O. The highest BCUT2D eigenvalue weighted by molar-refractivity contribution is 6.29. The molecular weight excluding hydrogens is 250 g/mol. The van der Waals surface area contributed by atoms with Crippen LogP contribution in [-0.2, 0) is 0 Å². The van der Waals surface area contributed by atoms with Gasteiger partial charge in [-0.15, -0.1) is 10.2 Å². The Bertz CT molecular complexity index is 430. The molecule has 0 spiro atoms. The van der Waals surface area contributed by atoms with E-state index in [-0.39, 0.29) is 5.91 Å². The van der Waals surface area contributed by atoms with Gasteiger partial charge in [0, 0.05) is 13.1 Å². The number of halogens is 1. The van der Waals surface area contributed by atoms with Crippen LogP contribution < -0.4 is 0 Å². The van der Waals surface area contributed by atoms with Crippen LogP contribution in [0.25, 0.3) is 0 Å². The molecule has 0 aromatic carbocycles. The highest BCUT2D eigenvalue weighted by Gasteiger charge is 2.26. The third-order valence-corrected chi connectivity index (χ3v) is 3.68. The summed E-state index contributed by atoms with van der Waals surface area (Å²) >= 11 is 5.67. The zero-order valence-electron chi connectivity index (χ0n) is 10.8. The number of nitrogens with zero attached hydrogens (tertiary/aromatic N) is 3. The van der Waals surface area contributed by atoms with Gasteiger partial charge in [-0.2, -0.15) is 0 Å². The third kappa shape index (κ3) is 3.19. The Labute approximate surface area is 112 Å². The van der Waals surface area contributed by atoms with E-state index in [0.717, 1.165) is 32.4 Å². The molecule has 0 N–H and O–H groups in total. The van der Waals surface area contributed by atoms with E-state index in [1.54, 1.807) is 12.1 Å². The van der Waals surface area contributed by atoms with Crippen LogP contribution in [-0.4, -0.2) is 34.1 Å². The molecule has 1 aromatic heterocycles. The largest absolute Gasteiger partial charge is 0.337 e. The summed E-state index contributed by atoms with van der Waals surface area (Å²) in [6, 6.07) is 3.23. The molecule has 0 saturated carbocycles. The minimum atomic E-state index is -0.0446. The topological polar surface area (TPSA) is 46.1 Å². The predicted molar refractivity (Wildman–Crippen MR) is 70.6 cm³/mol. The first-order chi connectivity index (χ1) is 8.48. The highest BCUT2D eigenvalue weighted by Crippen LogP contribution is 2.30. The number of amides is 1. The van der Waals surface area contributed by atoms with Gasteiger partial charge < -0.3 is 4.90 Å². The van der Waals surface area contributed by atoms with Crippen molar-refractivity contribution in [3.8, 4) is 0 Å². The van der Waals surface area contributed by atoms with Crippen molar-refractivity contribution in [2.24, 2.45) is 5.41 Å². The van der Waals surface area contributed by atoms with Crippen molar-refractivity contribution in [2.45, 2.75) is 33.1 Å². The lowest BCUT2D eigenvalue weighted by Crippen LogP contribution is -2.33. The van der Waals surface area contributed by atoms with Gasteiger partial charge >= 0.3 is 0 Å². The van der Waals surface area contributed by atoms with Gasteiger partial charge in [0.05, 0.1) is 0 Å². The van der Waals surface area contributed by atoms with E-state index >= 15 is 0 Å². The van der Waals surface area contributed by atoms with E-state index in [1.807, 2.05) is 4.90 Å². The molecule has 18 heavy (non-hydrogen) atoms. The van der Waals surface area contributed by atoms with Crippen LogP contribution in [0.1, 0.15) is 43.6 Å². The van der Waals surface area contributed by atoms with Crippen molar-refractivity contribution in [3.63, 3.8) is 0 Å². The standard InChI is InChI=1S/C13H18ClN3O/c1-13(2)6-3-8-17(9-7-13)12(18)10-4-5-11(14)16-15-10/h4-5H,3,6-9H2,1-2H3. The molecule has 4 nitrogen and oxygen atoms in total. The number of carbonyl (C=O) groups excluding carboxylic acids is 1. The van der Waals surface area contributed by atoms with Gasteiger partial charge in [0.25, 0.3) is 5.91 Å². The predicted octanol–water partition coefficient (Wildman–Crippen LogP) is 2.78. The minimum Gasteiger partial charge on any atom is -0.337 e. The maximum absolute atomic E-state index is 12.3. The van der Waals surface area contributed by atoms with Gasteiger partial charge in [-0.05, 0) is 36.8 Å². The average molecular weight is 268 g/mol. The number of hydrogen-bond acceptors (Lipinski definition) is 3. The van der Waals surface area contributed by atoms with Crippen LogP contribution in [0.2, 0.25) is 5.15 Å². The number of carbonyl (C=O) groups is 1. The molecule has 2 heterocycles. The zero-order chi connectivity index (χ0) is 13.2. The number of likely N-dealkylation sites (tertiary alicyclic amines) is 1. The maximum Gasteiger partial charge on any atom is 0.274 e. The summed E-state index contributed by atoms with van der Waals surface area (Å²) < 4.78 is 0. The van der Waals surface area contributed by atoms with Crippen molar-refractivity contribution in [2.75, 3.05) is 13.1 Å². The molecule has 1 aliphatic rings. The Morgan fingerprint density at radius 1 is 1.28 bits per heavy atom. The normalized spacial score (nSPS) is 19.4. The SMILES string of the molecule is CC1(C)CCCN(C(=O)c2ccc(Cl)nn2)CC1. The molecule has 0 aliphatic carbocycles. The van der Waals surface area contributed by atoms with Crippen LogP contribution in [0, 0.1) is 5.41 Å². The lowest BCUT2D eigenvalue weighted by molar-refractivity contribution is 0.0750. The smallest absolute Gasteiger partial charge is 0.274 e. The molecule has 0 unspecified atom stereocenters. The van der Waals surface area contributed by atoms with Crippen LogP contribution >= 0.6 is 11.6 Å². The minimum absolute atomic E-state index is 0.0446. The van der Waals surface area contributed by atoms with Gasteiger partial charge in [-0.3, -0.25) is 4.79 Å². The molecule has 2 rings (SSSR count). The lowest BCUT2D eigenvalue weighted by atomic mass is 9.85. The summed E-state index contributed by atoms with van der Waals surface area (Å²) in [4.78, 5) is 14.1. The van der Waals surface area contributed by atoms with Crippen LogP contribution in [0.3, 0.4) is 0 Å². The Morgan fingerprint density at radius 3 is 2.72 bits per heavy atom. The zero-order valence-corrected chi connectivity index (χ0v) is 11.6. The number of rotatable bonds is 1. The molecule has 0 bridgehead atoms. The molecule has 0 radical (unpaired) electrons. The molecule has 1 amide bonds. The molecule has 1 fully saturated rings. The van der Waals surface area contributed by atoms with Crippen LogP contribution in [0.4, 0.5) is 0 Å². The molecule has 5 heteroatoms.